The summed E-state index contributed by atoms with van der Waals surface area (Å²) in [4.78, 5) is 4.51. The molecular formula is C28H26N4O4. The molecule has 6 rings (SSSR count). The number of hydrogen-bond acceptors (Lipinski definition) is 7. The SMILES string of the molecule is COc1ccc([C@H]2Oc3ccc(C)cc3C3=C2[C@@H](c2ccc(OC)c(OC)c2)n2ncnc2N3)cc1. The fourth-order valence-electron chi connectivity index (χ4n) is 4.98. The van der Waals surface area contributed by atoms with Gasteiger partial charge >= 0.3 is 0 Å². The van der Waals surface area contributed by atoms with E-state index in [4.69, 9.17) is 18.9 Å². The summed E-state index contributed by atoms with van der Waals surface area (Å²) in [6.45, 7) is 2.08. The first-order valence-corrected chi connectivity index (χ1v) is 11.7. The number of aromatic nitrogens is 3. The van der Waals surface area contributed by atoms with E-state index in [-0.39, 0.29) is 12.1 Å². The van der Waals surface area contributed by atoms with Crippen molar-refractivity contribution in [3.05, 3.63) is 94.8 Å². The third-order valence-electron chi connectivity index (χ3n) is 6.71. The molecule has 4 aromatic rings. The molecule has 0 saturated carbocycles. The van der Waals surface area contributed by atoms with Crippen LogP contribution in [0.15, 0.2) is 72.6 Å². The van der Waals surface area contributed by atoms with Gasteiger partial charge in [-0.25, -0.2) is 4.68 Å². The predicted octanol–water partition coefficient (Wildman–Crippen LogP) is 5.17. The van der Waals surface area contributed by atoms with Crippen molar-refractivity contribution >= 4 is 11.6 Å². The molecule has 3 heterocycles. The zero-order valence-electron chi connectivity index (χ0n) is 20.5. The van der Waals surface area contributed by atoms with Crippen molar-refractivity contribution in [2.75, 3.05) is 26.6 Å². The third-order valence-corrected chi connectivity index (χ3v) is 6.71. The maximum Gasteiger partial charge on any atom is 0.226 e. The highest BCUT2D eigenvalue weighted by Crippen LogP contribution is 2.51. The highest BCUT2D eigenvalue weighted by Gasteiger charge is 2.41. The number of methoxy groups -OCH3 is 3. The molecule has 2 aliphatic rings. The largest absolute Gasteiger partial charge is 0.497 e. The molecule has 8 nitrogen and oxygen atoms in total. The maximum absolute atomic E-state index is 6.70. The van der Waals surface area contributed by atoms with E-state index in [2.05, 4.69) is 34.5 Å². The van der Waals surface area contributed by atoms with Gasteiger partial charge in [0.15, 0.2) is 11.5 Å². The molecule has 2 aliphatic heterocycles. The standard InChI is InChI=1S/C28H26N4O4/c1-16-5-11-21-20(13-16)25-24(27(36-21)17-6-9-19(33-2)10-7-17)26(32-28(31-25)29-15-30-32)18-8-12-22(34-3)23(14-18)35-4/h5-15,26-27H,1-4H3,(H,29,30,31)/t26-,27-/m1/s1. The summed E-state index contributed by atoms with van der Waals surface area (Å²) in [7, 11) is 4.93. The van der Waals surface area contributed by atoms with Gasteiger partial charge in [-0.2, -0.15) is 10.1 Å². The molecule has 3 aromatic carbocycles. The Morgan fingerprint density at radius 1 is 0.861 bits per heavy atom. The molecule has 0 saturated heterocycles. The first kappa shape index (κ1) is 22.0. The Bertz CT molecular complexity index is 1480. The summed E-state index contributed by atoms with van der Waals surface area (Å²) in [5.41, 5.74) is 6.12. The van der Waals surface area contributed by atoms with Gasteiger partial charge in [0, 0.05) is 11.1 Å². The molecule has 0 fully saturated rings. The molecule has 2 atom stereocenters. The van der Waals surface area contributed by atoms with Crippen molar-refractivity contribution < 1.29 is 18.9 Å². The summed E-state index contributed by atoms with van der Waals surface area (Å²) >= 11 is 0. The molecule has 0 amide bonds. The maximum atomic E-state index is 6.70. The van der Waals surface area contributed by atoms with Gasteiger partial charge in [0.25, 0.3) is 0 Å². The van der Waals surface area contributed by atoms with Crippen molar-refractivity contribution in [1.29, 1.82) is 0 Å². The van der Waals surface area contributed by atoms with Gasteiger partial charge in [-0.1, -0.05) is 29.8 Å². The smallest absolute Gasteiger partial charge is 0.226 e. The fraction of sp³-hybridized carbons (Fsp3) is 0.214. The van der Waals surface area contributed by atoms with E-state index in [9.17, 15) is 0 Å². The lowest BCUT2D eigenvalue weighted by Gasteiger charge is -2.39. The zero-order chi connectivity index (χ0) is 24.8. The Balaban J connectivity index is 1.60. The molecule has 0 radical (unpaired) electrons. The Labute approximate surface area is 209 Å². The van der Waals surface area contributed by atoms with Crippen molar-refractivity contribution in [2.24, 2.45) is 0 Å². The first-order chi connectivity index (χ1) is 17.6. The lowest BCUT2D eigenvalue weighted by Crippen LogP contribution is -2.32. The molecule has 182 valence electrons. The van der Waals surface area contributed by atoms with Gasteiger partial charge in [0.2, 0.25) is 5.95 Å². The van der Waals surface area contributed by atoms with E-state index in [1.54, 1.807) is 27.7 Å². The molecule has 0 aliphatic carbocycles. The Hall–Kier alpha value is -4.46. The second kappa shape index (κ2) is 8.64. The Morgan fingerprint density at radius 3 is 2.39 bits per heavy atom. The van der Waals surface area contributed by atoms with Gasteiger partial charge in [-0.05, 0) is 54.4 Å². The van der Waals surface area contributed by atoms with Crippen molar-refractivity contribution in [3.63, 3.8) is 0 Å². The summed E-state index contributed by atoms with van der Waals surface area (Å²) in [6, 6.07) is 19.8. The lowest BCUT2D eigenvalue weighted by molar-refractivity contribution is 0.223. The van der Waals surface area contributed by atoms with Crippen molar-refractivity contribution in [3.8, 4) is 23.0 Å². The van der Waals surface area contributed by atoms with Crippen LogP contribution in [0.1, 0.15) is 34.4 Å². The number of rotatable bonds is 5. The lowest BCUT2D eigenvalue weighted by atomic mass is 9.84. The minimum Gasteiger partial charge on any atom is -0.497 e. The van der Waals surface area contributed by atoms with Crippen LogP contribution in [0.4, 0.5) is 5.95 Å². The van der Waals surface area contributed by atoms with Gasteiger partial charge in [-0.3, -0.25) is 0 Å². The summed E-state index contributed by atoms with van der Waals surface area (Å²) in [5, 5.41) is 8.14. The van der Waals surface area contributed by atoms with Crippen LogP contribution in [0.2, 0.25) is 0 Å². The molecule has 0 unspecified atom stereocenters. The highest BCUT2D eigenvalue weighted by atomic mass is 16.5. The number of aryl methyl sites for hydroxylation is 1. The quantitative estimate of drug-likeness (QED) is 0.420. The Kier molecular flexibility index (Phi) is 5.29. The number of nitrogens with one attached hydrogen (secondary N) is 1. The van der Waals surface area contributed by atoms with Crippen LogP contribution in [-0.2, 0) is 0 Å². The zero-order valence-corrected chi connectivity index (χ0v) is 20.5. The number of nitrogens with zero attached hydrogens (tertiary/aromatic N) is 3. The monoisotopic (exact) mass is 482 g/mol. The van der Waals surface area contributed by atoms with Crippen LogP contribution in [0.5, 0.6) is 23.0 Å². The van der Waals surface area contributed by atoms with Crippen molar-refractivity contribution in [2.45, 2.75) is 19.1 Å². The van der Waals surface area contributed by atoms with Crippen LogP contribution >= 0.6 is 0 Å². The second-order valence-electron chi connectivity index (χ2n) is 8.77. The topological polar surface area (TPSA) is 79.7 Å². The fourth-order valence-corrected chi connectivity index (χ4v) is 4.98. The number of fused-ring (bicyclic) bond motifs is 3. The third kappa shape index (κ3) is 3.45. The average Bonchev–Trinajstić information content (AvgIpc) is 3.39. The van der Waals surface area contributed by atoms with Gasteiger partial charge in [0.1, 0.15) is 30.0 Å². The van der Waals surface area contributed by atoms with Gasteiger partial charge < -0.3 is 24.3 Å². The Morgan fingerprint density at radius 2 is 1.64 bits per heavy atom. The number of benzene rings is 3. The molecule has 8 heteroatoms. The molecule has 36 heavy (non-hydrogen) atoms. The van der Waals surface area contributed by atoms with E-state index in [1.807, 2.05) is 53.2 Å². The minimum absolute atomic E-state index is 0.292. The van der Waals surface area contributed by atoms with Crippen LogP contribution < -0.4 is 24.3 Å². The average molecular weight is 483 g/mol. The number of ether oxygens (including phenoxy) is 4. The van der Waals surface area contributed by atoms with Crippen LogP contribution in [0, 0.1) is 6.92 Å². The first-order valence-electron chi connectivity index (χ1n) is 11.7. The molecular weight excluding hydrogens is 456 g/mol. The summed E-state index contributed by atoms with van der Waals surface area (Å²) in [5.74, 6) is 3.57. The van der Waals surface area contributed by atoms with E-state index in [0.29, 0.717) is 17.4 Å². The van der Waals surface area contributed by atoms with E-state index in [0.717, 1.165) is 45.0 Å². The van der Waals surface area contributed by atoms with E-state index in [1.165, 1.54) is 0 Å². The predicted molar refractivity (Wildman–Crippen MR) is 136 cm³/mol. The number of hydrogen-bond donors (Lipinski definition) is 1. The van der Waals surface area contributed by atoms with E-state index < -0.39 is 0 Å². The van der Waals surface area contributed by atoms with Crippen LogP contribution in [-0.4, -0.2) is 36.1 Å². The van der Waals surface area contributed by atoms with Gasteiger partial charge in [-0.15, -0.1) is 0 Å². The normalized spacial score (nSPS) is 17.8. The van der Waals surface area contributed by atoms with Crippen molar-refractivity contribution in [1.82, 2.24) is 14.8 Å². The molecule has 1 aromatic heterocycles. The van der Waals surface area contributed by atoms with Crippen LogP contribution in [0.3, 0.4) is 0 Å². The number of anilines is 1. The van der Waals surface area contributed by atoms with E-state index >= 15 is 0 Å². The summed E-state index contributed by atoms with van der Waals surface area (Å²) < 4.78 is 25.1. The highest BCUT2D eigenvalue weighted by molar-refractivity contribution is 5.85. The molecule has 0 bridgehead atoms. The summed E-state index contributed by atoms with van der Waals surface area (Å²) in [6.07, 6.45) is 1.19. The molecule has 1 N–H and O–H groups in total. The molecule has 0 spiro atoms. The van der Waals surface area contributed by atoms with Crippen LogP contribution in [0.25, 0.3) is 5.70 Å². The minimum atomic E-state index is -0.371. The second-order valence-corrected chi connectivity index (χ2v) is 8.77. The van der Waals surface area contributed by atoms with Gasteiger partial charge in [0.05, 0.1) is 27.0 Å².